The third kappa shape index (κ3) is 3.40. The highest BCUT2D eigenvalue weighted by molar-refractivity contribution is 5.98. The third-order valence-electron chi connectivity index (χ3n) is 5.13. The van der Waals surface area contributed by atoms with Gasteiger partial charge >= 0.3 is 0 Å². The van der Waals surface area contributed by atoms with Crippen LogP contribution in [0.4, 0.5) is 0 Å². The predicted molar refractivity (Wildman–Crippen MR) is 103 cm³/mol. The molecule has 2 heterocycles. The van der Waals surface area contributed by atoms with Crippen LogP contribution in [0.15, 0.2) is 47.0 Å². The molecule has 2 aromatic carbocycles. The number of nitrogens with zero attached hydrogens (tertiary/aromatic N) is 2. The van der Waals surface area contributed by atoms with Crippen molar-refractivity contribution in [2.24, 2.45) is 0 Å². The van der Waals surface area contributed by atoms with Gasteiger partial charge in [-0.25, -0.2) is 0 Å². The Balaban J connectivity index is 1.67. The summed E-state index contributed by atoms with van der Waals surface area (Å²) >= 11 is 0. The number of nitrogens with one attached hydrogen (secondary N) is 1. The molecular weight excluding hydrogens is 342 g/mol. The number of amides is 1. The van der Waals surface area contributed by atoms with E-state index >= 15 is 0 Å². The molecule has 1 aromatic heterocycles. The number of carbonyl (C=O) groups is 1. The fraction of sp³-hybridized carbons (Fsp3) is 0.333. The number of hydrogen-bond donors (Lipinski definition) is 1. The number of aromatic nitrogens is 1. The van der Waals surface area contributed by atoms with Crippen LogP contribution in [-0.2, 0) is 11.3 Å². The summed E-state index contributed by atoms with van der Waals surface area (Å²) in [6, 6.07) is 13.9. The van der Waals surface area contributed by atoms with Gasteiger partial charge in [-0.15, -0.1) is 0 Å². The molecule has 1 atom stereocenters. The lowest BCUT2D eigenvalue weighted by Crippen LogP contribution is -2.41. The summed E-state index contributed by atoms with van der Waals surface area (Å²) in [4.78, 5) is 14.2. The number of ether oxygens (including phenoxy) is 1. The van der Waals surface area contributed by atoms with Crippen LogP contribution in [0, 0.1) is 0 Å². The summed E-state index contributed by atoms with van der Waals surface area (Å²) < 4.78 is 11.2. The van der Waals surface area contributed by atoms with Crippen LogP contribution in [0.3, 0.4) is 0 Å². The summed E-state index contributed by atoms with van der Waals surface area (Å²) in [6.45, 7) is 4.03. The minimum absolute atomic E-state index is 0.0583. The van der Waals surface area contributed by atoms with E-state index in [2.05, 4.69) is 27.5 Å². The highest BCUT2D eigenvalue weighted by atomic mass is 16.5. The van der Waals surface area contributed by atoms with Gasteiger partial charge in [0, 0.05) is 19.2 Å². The van der Waals surface area contributed by atoms with Crippen molar-refractivity contribution in [1.29, 1.82) is 0 Å². The van der Waals surface area contributed by atoms with E-state index in [-0.39, 0.29) is 11.9 Å². The highest BCUT2D eigenvalue weighted by Crippen LogP contribution is 2.36. The van der Waals surface area contributed by atoms with E-state index in [9.17, 15) is 4.79 Å². The van der Waals surface area contributed by atoms with Crippen LogP contribution in [0.5, 0.6) is 5.75 Å². The van der Waals surface area contributed by atoms with Crippen molar-refractivity contribution >= 4 is 16.7 Å². The smallest absolute Gasteiger partial charge is 0.237 e. The number of carbonyl (C=O) groups excluding carboxylic acids is 1. The Morgan fingerprint density at radius 3 is 3.00 bits per heavy atom. The average molecular weight is 365 g/mol. The van der Waals surface area contributed by atoms with Crippen LogP contribution in [0.25, 0.3) is 22.0 Å². The zero-order chi connectivity index (χ0) is 18.8. The van der Waals surface area contributed by atoms with Crippen LogP contribution in [-0.4, -0.2) is 42.2 Å². The van der Waals surface area contributed by atoms with Crippen LogP contribution >= 0.6 is 0 Å². The fourth-order valence-electron chi connectivity index (χ4n) is 3.61. The molecule has 6 heteroatoms. The van der Waals surface area contributed by atoms with Gasteiger partial charge in [0.25, 0.3) is 0 Å². The maximum absolute atomic E-state index is 12.1. The molecule has 3 aromatic rings. The third-order valence-corrected chi connectivity index (χ3v) is 5.13. The van der Waals surface area contributed by atoms with E-state index < -0.39 is 0 Å². The van der Waals surface area contributed by atoms with Crippen LogP contribution in [0.1, 0.15) is 19.1 Å². The molecule has 1 saturated heterocycles. The molecule has 1 aliphatic rings. The predicted octanol–water partition coefficient (Wildman–Crippen LogP) is 3.21. The topological polar surface area (TPSA) is 67.6 Å². The monoisotopic (exact) mass is 365 g/mol. The molecule has 0 radical (unpaired) electrons. The van der Waals surface area contributed by atoms with E-state index in [1.54, 1.807) is 7.11 Å². The molecule has 1 fully saturated rings. The summed E-state index contributed by atoms with van der Waals surface area (Å²) in [5.74, 6) is 1.56. The summed E-state index contributed by atoms with van der Waals surface area (Å²) in [6.07, 6.45) is 0.925. The quantitative estimate of drug-likeness (QED) is 0.769. The first-order valence-corrected chi connectivity index (χ1v) is 9.21. The van der Waals surface area contributed by atoms with E-state index in [4.69, 9.17) is 9.26 Å². The van der Waals surface area contributed by atoms with Crippen molar-refractivity contribution in [1.82, 2.24) is 15.4 Å². The molecule has 0 saturated carbocycles. The number of fused-ring (bicyclic) bond motifs is 1. The van der Waals surface area contributed by atoms with E-state index in [1.165, 1.54) is 0 Å². The molecule has 1 aliphatic heterocycles. The molecular formula is C21H23N3O3. The molecule has 1 amide bonds. The Hall–Kier alpha value is -2.86. The van der Waals surface area contributed by atoms with Crippen molar-refractivity contribution in [2.75, 3.05) is 20.2 Å². The first-order chi connectivity index (χ1) is 13.2. The van der Waals surface area contributed by atoms with Gasteiger partial charge in [0.2, 0.25) is 5.91 Å². The number of hydrogen-bond acceptors (Lipinski definition) is 5. The van der Waals surface area contributed by atoms with Crippen molar-refractivity contribution in [3.05, 3.63) is 48.2 Å². The molecule has 140 valence electrons. The van der Waals surface area contributed by atoms with Gasteiger partial charge in [-0.2, -0.15) is 0 Å². The van der Waals surface area contributed by atoms with Crippen molar-refractivity contribution in [3.8, 4) is 17.0 Å². The highest BCUT2D eigenvalue weighted by Gasteiger charge is 2.25. The van der Waals surface area contributed by atoms with Gasteiger partial charge in [-0.3, -0.25) is 9.69 Å². The number of benzene rings is 2. The molecule has 0 spiro atoms. The first-order valence-electron chi connectivity index (χ1n) is 9.21. The maximum atomic E-state index is 12.1. The molecule has 27 heavy (non-hydrogen) atoms. The Morgan fingerprint density at radius 1 is 1.30 bits per heavy atom. The SMILES string of the molecule is COc1ccc2ccccc2c1-c1cc(CN2CCCNC(=O)C2C)on1. The lowest BCUT2D eigenvalue weighted by atomic mass is 10.0. The van der Waals surface area contributed by atoms with E-state index in [0.717, 1.165) is 46.5 Å². The van der Waals surface area contributed by atoms with Gasteiger partial charge in [-0.1, -0.05) is 35.5 Å². The van der Waals surface area contributed by atoms with E-state index in [1.807, 2.05) is 37.3 Å². The summed E-state index contributed by atoms with van der Waals surface area (Å²) in [5, 5.41) is 9.42. The molecule has 1 unspecified atom stereocenters. The number of methoxy groups -OCH3 is 1. The average Bonchev–Trinajstić information content (AvgIpc) is 3.10. The van der Waals surface area contributed by atoms with Gasteiger partial charge in [0.15, 0.2) is 5.76 Å². The lowest BCUT2D eigenvalue weighted by molar-refractivity contribution is -0.125. The maximum Gasteiger partial charge on any atom is 0.237 e. The van der Waals surface area contributed by atoms with Gasteiger partial charge < -0.3 is 14.6 Å². The minimum Gasteiger partial charge on any atom is -0.496 e. The second kappa shape index (κ2) is 7.40. The first kappa shape index (κ1) is 17.5. The Bertz CT molecular complexity index is 966. The largest absolute Gasteiger partial charge is 0.496 e. The van der Waals surface area contributed by atoms with Crippen molar-refractivity contribution in [2.45, 2.75) is 25.9 Å². The second-order valence-corrected chi connectivity index (χ2v) is 6.83. The van der Waals surface area contributed by atoms with Crippen molar-refractivity contribution in [3.63, 3.8) is 0 Å². The zero-order valence-corrected chi connectivity index (χ0v) is 15.6. The van der Waals surface area contributed by atoms with Gasteiger partial charge in [-0.05, 0) is 30.2 Å². The van der Waals surface area contributed by atoms with Crippen LogP contribution in [0.2, 0.25) is 0 Å². The van der Waals surface area contributed by atoms with Gasteiger partial charge in [0.1, 0.15) is 11.4 Å². The van der Waals surface area contributed by atoms with E-state index in [0.29, 0.717) is 13.1 Å². The standard InChI is InChI=1S/C21H23N3O3/c1-14-21(25)22-10-5-11-24(14)13-16-12-18(23-27-16)20-17-7-4-3-6-15(17)8-9-19(20)26-2/h3-4,6-9,12,14H,5,10-11,13H2,1-2H3,(H,22,25). The molecule has 1 N–H and O–H groups in total. The number of rotatable bonds is 4. The lowest BCUT2D eigenvalue weighted by Gasteiger charge is -2.23. The molecule has 4 rings (SSSR count). The summed E-state index contributed by atoms with van der Waals surface area (Å²) in [7, 11) is 1.66. The Labute approximate surface area is 158 Å². The molecule has 6 nitrogen and oxygen atoms in total. The van der Waals surface area contributed by atoms with Gasteiger partial charge in [0.05, 0.1) is 25.3 Å². The Morgan fingerprint density at radius 2 is 2.15 bits per heavy atom. The minimum atomic E-state index is -0.187. The van der Waals surface area contributed by atoms with Crippen LogP contribution < -0.4 is 10.1 Å². The second-order valence-electron chi connectivity index (χ2n) is 6.83. The fourth-order valence-corrected chi connectivity index (χ4v) is 3.61. The molecule has 0 bridgehead atoms. The normalized spacial score (nSPS) is 18.3. The zero-order valence-electron chi connectivity index (χ0n) is 15.6. The summed E-state index contributed by atoms with van der Waals surface area (Å²) in [5.41, 5.74) is 1.66. The van der Waals surface area contributed by atoms with Crippen molar-refractivity contribution < 1.29 is 14.1 Å². The molecule has 0 aliphatic carbocycles. The Kier molecular flexibility index (Phi) is 4.81.